The van der Waals surface area contributed by atoms with Gasteiger partial charge in [-0.3, -0.25) is 0 Å². The topological polar surface area (TPSA) is 47.7 Å². The summed E-state index contributed by atoms with van der Waals surface area (Å²) in [4.78, 5) is 12.9. The molecule has 0 aliphatic heterocycles. The largest absolute Gasteiger partial charge is 0.360 e. The zero-order chi connectivity index (χ0) is 11.8. The SMILES string of the molecule is CN(C)c1nc(-c2c[nH]c3ccccc23)c[nH]1. The molecular weight excluding hydrogens is 212 g/mol. The van der Waals surface area contributed by atoms with Crippen LogP contribution in [0.15, 0.2) is 36.7 Å². The molecule has 2 heterocycles. The molecule has 0 saturated carbocycles. The summed E-state index contributed by atoms with van der Waals surface area (Å²) in [6, 6.07) is 8.24. The van der Waals surface area contributed by atoms with Gasteiger partial charge in [0.1, 0.15) is 0 Å². The van der Waals surface area contributed by atoms with Crippen molar-refractivity contribution in [3.63, 3.8) is 0 Å². The van der Waals surface area contributed by atoms with Crippen molar-refractivity contribution in [2.45, 2.75) is 0 Å². The number of anilines is 1. The normalized spacial score (nSPS) is 10.9. The Hall–Kier alpha value is -2.23. The van der Waals surface area contributed by atoms with Crippen molar-refractivity contribution in [3.8, 4) is 11.3 Å². The molecule has 17 heavy (non-hydrogen) atoms. The lowest BCUT2D eigenvalue weighted by molar-refractivity contribution is 1.04. The molecule has 0 radical (unpaired) electrons. The lowest BCUT2D eigenvalue weighted by Crippen LogP contribution is -2.09. The van der Waals surface area contributed by atoms with E-state index in [9.17, 15) is 0 Å². The van der Waals surface area contributed by atoms with Crippen molar-refractivity contribution in [2.75, 3.05) is 19.0 Å². The molecule has 2 aromatic heterocycles. The number of para-hydroxylation sites is 1. The zero-order valence-corrected chi connectivity index (χ0v) is 9.86. The number of hydrogen-bond donors (Lipinski definition) is 2. The van der Waals surface area contributed by atoms with Crippen LogP contribution < -0.4 is 4.90 Å². The van der Waals surface area contributed by atoms with E-state index in [1.165, 1.54) is 5.39 Å². The Labute approximate surface area is 99.3 Å². The molecule has 0 saturated heterocycles. The number of H-pyrrole nitrogens is 2. The molecule has 0 amide bonds. The standard InChI is InChI=1S/C13H14N4/c1-17(2)13-15-8-12(16-13)10-7-14-11-6-4-3-5-9(10)11/h3-8,14H,1-2H3,(H,15,16). The molecule has 2 N–H and O–H groups in total. The highest BCUT2D eigenvalue weighted by Crippen LogP contribution is 2.27. The Morgan fingerprint density at radius 3 is 2.65 bits per heavy atom. The van der Waals surface area contributed by atoms with Crippen molar-refractivity contribution in [1.82, 2.24) is 15.0 Å². The van der Waals surface area contributed by atoms with Gasteiger partial charge in [-0.2, -0.15) is 0 Å². The number of aromatic amines is 2. The minimum atomic E-state index is 0.866. The van der Waals surface area contributed by atoms with Crippen LogP contribution in [0, 0.1) is 0 Å². The van der Waals surface area contributed by atoms with Gasteiger partial charge in [0.15, 0.2) is 0 Å². The van der Waals surface area contributed by atoms with Crippen LogP contribution in [0.1, 0.15) is 0 Å². The van der Waals surface area contributed by atoms with Crippen LogP contribution in [0.5, 0.6) is 0 Å². The van der Waals surface area contributed by atoms with Crippen LogP contribution in [0.4, 0.5) is 5.95 Å². The van der Waals surface area contributed by atoms with E-state index < -0.39 is 0 Å². The molecular formula is C13H14N4. The Morgan fingerprint density at radius 2 is 1.88 bits per heavy atom. The molecule has 0 atom stereocenters. The highest BCUT2D eigenvalue weighted by atomic mass is 15.2. The molecule has 4 nitrogen and oxygen atoms in total. The first-order chi connectivity index (χ1) is 8.25. The molecule has 0 bridgehead atoms. The van der Waals surface area contributed by atoms with Gasteiger partial charge in [0.2, 0.25) is 5.95 Å². The predicted molar refractivity (Wildman–Crippen MR) is 70.2 cm³/mol. The van der Waals surface area contributed by atoms with Gasteiger partial charge in [-0.15, -0.1) is 0 Å². The Balaban J connectivity index is 2.14. The van der Waals surface area contributed by atoms with Crippen molar-refractivity contribution in [2.24, 2.45) is 0 Å². The van der Waals surface area contributed by atoms with E-state index >= 15 is 0 Å². The predicted octanol–water partition coefficient (Wildman–Crippen LogP) is 2.62. The van der Waals surface area contributed by atoms with E-state index in [0.717, 1.165) is 22.7 Å². The highest BCUT2D eigenvalue weighted by Gasteiger charge is 2.09. The van der Waals surface area contributed by atoms with Crippen molar-refractivity contribution in [3.05, 3.63) is 36.7 Å². The van der Waals surface area contributed by atoms with Crippen LogP contribution in [0.3, 0.4) is 0 Å². The second-order valence-corrected chi connectivity index (χ2v) is 4.25. The lowest BCUT2D eigenvalue weighted by atomic mass is 10.1. The van der Waals surface area contributed by atoms with Crippen molar-refractivity contribution in [1.29, 1.82) is 0 Å². The summed E-state index contributed by atoms with van der Waals surface area (Å²) >= 11 is 0. The summed E-state index contributed by atoms with van der Waals surface area (Å²) in [6.45, 7) is 0. The summed E-state index contributed by atoms with van der Waals surface area (Å²) in [6.07, 6.45) is 3.94. The van der Waals surface area contributed by atoms with Crippen LogP contribution in [-0.4, -0.2) is 29.0 Å². The third kappa shape index (κ3) is 1.58. The number of nitrogens with zero attached hydrogens (tertiary/aromatic N) is 2. The van der Waals surface area contributed by atoms with Gasteiger partial charge < -0.3 is 14.9 Å². The van der Waals surface area contributed by atoms with Crippen molar-refractivity contribution < 1.29 is 0 Å². The maximum absolute atomic E-state index is 4.55. The molecule has 1 aromatic carbocycles. The molecule has 0 aliphatic rings. The summed E-state index contributed by atoms with van der Waals surface area (Å²) < 4.78 is 0. The smallest absolute Gasteiger partial charge is 0.202 e. The Bertz CT molecular complexity index is 648. The average molecular weight is 226 g/mol. The first kappa shape index (κ1) is 9.96. The molecule has 4 heteroatoms. The molecule has 0 aliphatic carbocycles. The average Bonchev–Trinajstić information content (AvgIpc) is 2.95. The first-order valence-corrected chi connectivity index (χ1v) is 5.55. The van der Waals surface area contributed by atoms with Crippen molar-refractivity contribution >= 4 is 16.9 Å². The van der Waals surface area contributed by atoms with E-state index in [1.54, 1.807) is 0 Å². The first-order valence-electron chi connectivity index (χ1n) is 5.55. The lowest BCUT2D eigenvalue weighted by Gasteiger charge is -2.05. The van der Waals surface area contributed by atoms with E-state index in [1.807, 2.05) is 43.5 Å². The van der Waals surface area contributed by atoms with Gasteiger partial charge in [0.05, 0.1) is 5.69 Å². The number of imidazole rings is 1. The van der Waals surface area contributed by atoms with Crippen LogP contribution in [-0.2, 0) is 0 Å². The number of benzene rings is 1. The summed E-state index contributed by atoms with van der Waals surface area (Å²) in [7, 11) is 3.94. The molecule has 3 rings (SSSR count). The number of hydrogen-bond acceptors (Lipinski definition) is 2. The quantitative estimate of drug-likeness (QED) is 0.705. The third-order valence-corrected chi connectivity index (χ3v) is 2.85. The second-order valence-electron chi connectivity index (χ2n) is 4.25. The summed E-state index contributed by atoms with van der Waals surface area (Å²) in [5, 5.41) is 1.20. The van der Waals surface area contributed by atoms with Gasteiger partial charge in [0, 0.05) is 43.0 Å². The Morgan fingerprint density at radius 1 is 1.06 bits per heavy atom. The highest BCUT2D eigenvalue weighted by molar-refractivity contribution is 5.94. The fourth-order valence-electron chi connectivity index (χ4n) is 1.96. The maximum Gasteiger partial charge on any atom is 0.202 e. The monoisotopic (exact) mass is 226 g/mol. The maximum atomic E-state index is 4.55. The fraction of sp³-hybridized carbons (Fsp3) is 0.154. The van der Waals surface area contributed by atoms with E-state index in [-0.39, 0.29) is 0 Å². The molecule has 0 spiro atoms. The number of aromatic nitrogens is 3. The van der Waals surface area contributed by atoms with Gasteiger partial charge in [0.25, 0.3) is 0 Å². The zero-order valence-electron chi connectivity index (χ0n) is 9.86. The van der Waals surface area contributed by atoms with E-state index in [4.69, 9.17) is 0 Å². The fourth-order valence-corrected chi connectivity index (χ4v) is 1.96. The van der Waals surface area contributed by atoms with Gasteiger partial charge >= 0.3 is 0 Å². The van der Waals surface area contributed by atoms with E-state index in [2.05, 4.69) is 27.1 Å². The summed E-state index contributed by atoms with van der Waals surface area (Å²) in [5.74, 6) is 0.866. The molecule has 0 unspecified atom stereocenters. The number of rotatable bonds is 2. The van der Waals surface area contributed by atoms with Crippen LogP contribution in [0.25, 0.3) is 22.2 Å². The van der Waals surface area contributed by atoms with Crippen LogP contribution in [0.2, 0.25) is 0 Å². The number of fused-ring (bicyclic) bond motifs is 1. The third-order valence-electron chi connectivity index (χ3n) is 2.85. The minimum absolute atomic E-state index is 0.866. The van der Waals surface area contributed by atoms with Gasteiger partial charge in [-0.1, -0.05) is 18.2 Å². The van der Waals surface area contributed by atoms with Crippen LogP contribution >= 0.6 is 0 Å². The minimum Gasteiger partial charge on any atom is -0.360 e. The molecule has 0 fully saturated rings. The van der Waals surface area contributed by atoms with Gasteiger partial charge in [-0.05, 0) is 6.07 Å². The van der Waals surface area contributed by atoms with E-state index in [0.29, 0.717) is 0 Å². The second kappa shape index (κ2) is 3.66. The summed E-state index contributed by atoms with van der Waals surface area (Å²) in [5.41, 5.74) is 3.23. The molecule has 3 aromatic rings. The molecule has 86 valence electrons. The van der Waals surface area contributed by atoms with Gasteiger partial charge in [-0.25, -0.2) is 4.98 Å². The number of nitrogens with one attached hydrogen (secondary N) is 2. The Kier molecular flexibility index (Phi) is 2.14.